The van der Waals surface area contributed by atoms with E-state index in [4.69, 9.17) is 4.18 Å². The van der Waals surface area contributed by atoms with Crippen LogP contribution in [0.25, 0.3) is 11.0 Å². The van der Waals surface area contributed by atoms with Gasteiger partial charge in [-0.3, -0.25) is 4.68 Å². The molecule has 0 aliphatic rings. The molecule has 0 N–H and O–H groups in total. The Balaban J connectivity index is 2.05. The number of rotatable bonds is 3. The molecule has 0 aliphatic carbocycles. The summed E-state index contributed by atoms with van der Waals surface area (Å²) in [5.74, 6) is -0.794. The molecule has 0 fully saturated rings. The molecule has 3 aromatic rings. The number of halogens is 3. The fraction of sp³-hybridized carbons (Fsp3) is 0.200. The minimum absolute atomic E-state index is 0.354. The topological polar surface area (TPSA) is 74.1 Å². The van der Waals surface area contributed by atoms with Crippen LogP contribution in [0.4, 0.5) is 13.2 Å². The third-order valence-electron chi connectivity index (χ3n) is 3.52. The molecule has 0 saturated heterocycles. The Morgan fingerprint density at radius 2 is 1.88 bits per heavy atom. The van der Waals surface area contributed by atoms with Crippen LogP contribution in [0.3, 0.4) is 0 Å². The Morgan fingerprint density at radius 1 is 1.20 bits per heavy atom. The molecule has 25 heavy (non-hydrogen) atoms. The van der Waals surface area contributed by atoms with E-state index in [-0.39, 0.29) is 4.90 Å². The summed E-state index contributed by atoms with van der Waals surface area (Å²) < 4.78 is 69.9. The molecule has 0 unspecified atom stereocenters. The molecule has 3 rings (SSSR count). The Bertz CT molecular complexity index is 1060. The zero-order chi connectivity index (χ0) is 18.4. The summed E-state index contributed by atoms with van der Waals surface area (Å²) >= 11 is 0. The monoisotopic (exact) mass is 371 g/mol. The number of nitrogens with zero attached hydrogens (tertiary/aromatic N) is 3. The highest BCUT2D eigenvalue weighted by Crippen LogP contribution is 2.37. The standard InChI is InChI=1S/C15H12F3N3O3S/c1-9-11-7-10(8-19-14(11)21(2)20-9)25(22,23)24-13-6-4-3-5-12(13)15(16,17)18/h3-8H,1-2H3. The molecular weight excluding hydrogens is 359 g/mol. The van der Waals surface area contributed by atoms with Crippen LogP contribution in [0.15, 0.2) is 41.4 Å². The first-order chi connectivity index (χ1) is 11.6. The van der Waals surface area contributed by atoms with Gasteiger partial charge in [0.2, 0.25) is 0 Å². The van der Waals surface area contributed by atoms with Gasteiger partial charge in [-0.15, -0.1) is 0 Å². The van der Waals surface area contributed by atoms with Gasteiger partial charge in [0.25, 0.3) is 0 Å². The van der Waals surface area contributed by atoms with Crippen LogP contribution in [0.2, 0.25) is 0 Å². The molecule has 0 atom stereocenters. The molecule has 132 valence electrons. The summed E-state index contributed by atoms with van der Waals surface area (Å²) in [4.78, 5) is 3.65. The molecular formula is C15H12F3N3O3S. The number of para-hydroxylation sites is 1. The summed E-state index contributed by atoms with van der Waals surface area (Å²) in [6.45, 7) is 1.67. The van der Waals surface area contributed by atoms with E-state index >= 15 is 0 Å². The minimum Gasteiger partial charge on any atom is -0.378 e. The van der Waals surface area contributed by atoms with E-state index in [0.29, 0.717) is 16.7 Å². The summed E-state index contributed by atoms with van der Waals surface area (Å²) in [5.41, 5.74) is -0.185. The SMILES string of the molecule is Cc1nn(C)c2ncc(S(=O)(=O)Oc3ccccc3C(F)(F)F)cc12. The smallest absolute Gasteiger partial charge is 0.378 e. The third kappa shape index (κ3) is 3.16. The van der Waals surface area contributed by atoms with Crippen LogP contribution in [-0.2, 0) is 23.3 Å². The predicted octanol–water partition coefficient (Wildman–Crippen LogP) is 3.06. The maximum atomic E-state index is 13.0. The second-order valence-corrected chi connectivity index (χ2v) is 6.83. The number of hydrogen-bond donors (Lipinski definition) is 0. The largest absolute Gasteiger partial charge is 0.420 e. The lowest BCUT2D eigenvalue weighted by atomic mass is 10.2. The number of aromatic nitrogens is 3. The summed E-state index contributed by atoms with van der Waals surface area (Å²) in [7, 11) is -2.85. The summed E-state index contributed by atoms with van der Waals surface area (Å²) in [5, 5.41) is 4.58. The zero-order valence-electron chi connectivity index (χ0n) is 13.1. The highest BCUT2D eigenvalue weighted by Gasteiger charge is 2.35. The summed E-state index contributed by atoms with van der Waals surface area (Å²) in [6, 6.07) is 5.37. The summed E-state index contributed by atoms with van der Waals surface area (Å²) in [6.07, 6.45) is -3.72. The van der Waals surface area contributed by atoms with Crippen molar-refractivity contribution in [3.05, 3.63) is 47.8 Å². The zero-order valence-corrected chi connectivity index (χ0v) is 13.9. The van der Waals surface area contributed by atoms with Gasteiger partial charge in [-0.1, -0.05) is 12.1 Å². The molecule has 0 spiro atoms. The van der Waals surface area contributed by atoms with Crippen LogP contribution >= 0.6 is 0 Å². The number of aryl methyl sites for hydroxylation is 2. The fourth-order valence-corrected chi connectivity index (χ4v) is 3.29. The van der Waals surface area contributed by atoms with E-state index in [1.807, 2.05) is 0 Å². The van der Waals surface area contributed by atoms with Crippen molar-refractivity contribution in [3.63, 3.8) is 0 Å². The van der Waals surface area contributed by atoms with Gasteiger partial charge in [-0.05, 0) is 25.1 Å². The van der Waals surface area contributed by atoms with Gasteiger partial charge in [0.15, 0.2) is 11.4 Å². The van der Waals surface area contributed by atoms with Crippen LogP contribution in [-0.4, -0.2) is 23.2 Å². The van der Waals surface area contributed by atoms with E-state index in [2.05, 4.69) is 10.1 Å². The highest BCUT2D eigenvalue weighted by molar-refractivity contribution is 7.87. The molecule has 0 amide bonds. The molecule has 0 aliphatic heterocycles. The third-order valence-corrected chi connectivity index (χ3v) is 4.72. The number of hydrogen-bond acceptors (Lipinski definition) is 5. The van der Waals surface area contributed by atoms with Crippen molar-refractivity contribution in [3.8, 4) is 5.75 Å². The van der Waals surface area contributed by atoms with Crippen molar-refractivity contribution in [2.24, 2.45) is 7.05 Å². The Kier molecular flexibility index (Phi) is 3.94. The number of pyridine rings is 1. The molecule has 1 aromatic carbocycles. The van der Waals surface area contributed by atoms with Crippen molar-refractivity contribution in [1.82, 2.24) is 14.8 Å². The predicted molar refractivity (Wildman–Crippen MR) is 82.5 cm³/mol. The van der Waals surface area contributed by atoms with Gasteiger partial charge in [0.05, 0.1) is 17.5 Å². The van der Waals surface area contributed by atoms with E-state index < -0.39 is 27.6 Å². The maximum absolute atomic E-state index is 13.0. The number of benzene rings is 1. The molecule has 0 bridgehead atoms. The number of fused-ring (bicyclic) bond motifs is 1. The van der Waals surface area contributed by atoms with E-state index in [9.17, 15) is 21.6 Å². The van der Waals surface area contributed by atoms with Gasteiger partial charge in [0.1, 0.15) is 4.90 Å². The molecule has 0 saturated carbocycles. The van der Waals surface area contributed by atoms with Gasteiger partial charge < -0.3 is 4.18 Å². The first-order valence-electron chi connectivity index (χ1n) is 6.99. The first-order valence-corrected chi connectivity index (χ1v) is 8.40. The number of alkyl halides is 3. The quantitative estimate of drug-likeness (QED) is 0.662. The van der Waals surface area contributed by atoms with Crippen LogP contribution in [0.5, 0.6) is 5.75 Å². The Labute approximate surface area is 141 Å². The fourth-order valence-electron chi connectivity index (χ4n) is 2.37. The van der Waals surface area contributed by atoms with Crippen LogP contribution in [0, 0.1) is 6.92 Å². The van der Waals surface area contributed by atoms with Crippen LogP contribution in [0.1, 0.15) is 11.3 Å². The van der Waals surface area contributed by atoms with Crippen molar-refractivity contribution in [1.29, 1.82) is 0 Å². The molecule has 2 heterocycles. The van der Waals surface area contributed by atoms with E-state index in [1.165, 1.54) is 16.8 Å². The molecule has 6 nitrogen and oxygen atoms in total. The Hall–Kier alpha value is -2.62. The average molecular weight is 371 g/mol. The van der Waals surface area contributed by atoms with Crippen molar-refractivity contribution < 1.29 is 25.8 Å². The molecule has 0 radical (unpaired) electrons. The van der Waals surface area contributed by atoms with Gasteiger partial charge in [-0.25, -0.2) is 4.98 Å². The molecule has 2 aromatic heterocycles. The van der Waals surface area contributed by atoms with E-state index in [1.54, 1.807) is 14.0 Å². The average Bonchev–Trinajstić information content (AvgIpc) is 2.81. The van der Waals surface area contributed by atoms with E-state index in [0.717, 1.165) is 24.4 Å². The Morgan fingerprint density at radius 3 is 2.56 bits per heavy atom. The first kappa shape index (κ1) is 17.2. The van der Waals surface area contributed by atoms with Gasteiger partial charge >= 0.3 is 16.3 Å². The van der Waals surface area contributed by atoms with Crippen molar-refractivity contribution in [2.45, 2.75) is 18.0 Å². The van der Waals surface area contributed by atoms with Crippen molar-refractivity contribution in [2.75, 3.05) is 0 Å². The lowest BCUT2D eigenvalue weighted by Gasteiger charge is -2.13. The lowest BCUT2D eigenvalue weighted by Crippen LogP contribution is -2.14. The van der Waals surface area contributed by atoms with Crippen LogP contribution < -0.4 is 4.18 Å². The normalized spacial score (nSPS) is 12.5. The minimum atomic E-state index is -4.74. The maximum Gasteiger partial charge on any atom is 0.420 e. The second kappa shape index (κ2) is 5.73. The lowest BCUT2D eigenvalue weighted by molar-refractivity contribution is -0.138. The highest BCUT2D eigenvalue weighted by atomic mass is 32.2. The van der Waals surface area contributed by atoms with Crippen molar-refractivity contribution >= 4 is 21.2 Å². The second-order valence-electron chi connectivity index (χ2n) is 5.28. The van der Waals surface area contributed by atoms with Gasteiger partial charge in [0, 0.05) is 12.4 Å². The van der Waals surface area contributed by atoms with Gasteiger partial charge in [-0.2, -0.15) is 26.7 Å². The molecule has 10 heteroatoms.